The second kappa shape index (κ2) is 33.2. The van der Waals surface area contributed by atoms with Crippen LogP contribution in [0.5, 0.6) is 0 Å². The highest BCUT2D eigenvalue weighted by Gasteiger charge is 2.44. The van der Waals surface area contributed by atoms with Gasteiger partial charge in [0, 0.05) is 46.0 Å². The Morgan fingerprint density at radius 2 is 1.31 bits per heavy atom. The summed E-state index contributed by atoms with van der Waals surface area (Å²) in [5, 5.41) is 25.3. The lowest BCUT2D eigenvalue weighted by Gasteiger charge is -2.41. The molecule has 5 rings (SSSR count). The van der Waals surface area contributed by atoms with Crippen molar-refractivity contribution in [1.29, 1.82) is 0 Å². The first-order chi connectivity index (χ1) is 40.4. The number of rotatable bonds is 32. The van der Waals surface area contributed by atoms with Crippen molar-refractivity contribution in [1.82, 2.24) is 41.3 Å². The fourth-order valence-electron chi connectivity index (χ4n) is 12.0. The van der Waals surface area contributed by atoms with Crippen LogP contribution in [0, 0.1) is 29.6 Å². The average molecular weight is 1200 g/mol. The third-order valence-corrected chi connectivity index (χ3v) is 17.9. The minimum atomic E-state index is -0.953. The number of aliphatic hydroxyl groups is 1. The third kappa shape index (κ3) is 18.2. The lowest BCUT2D eigenvalue weighted by atomic mass is 9.89. The maximum absolute atomic E-state index is 14.8. The molecule has 20 heteroatoms. The van der Waals surface area contributed by atoms with Crippen LogP contribution in [-0.2, 0) is 43.0 Å². The third-order valence-electron chi connectivity index (χ3n) is 17.1. The van der Waals surface area contributed by atoms with Gasteiger partial charge in [-0.1, -0.05) is 148 Å². The van der Waals surface area contributed by atoms with Crippen LogP contribution in [-0.4, -0.2) is 175 Å². The quantitative estimate of drug-likeness (QED) is 0.0270. The second-order valence-corrected chi connectivity index (χ2v) is 25.3. The van der Waals surface area contributed by atoms with Crippen LogP contribution in [0.25, 0.3) is 11.1 Å². The number of carbonyl (C=O) groups excluding carboxylic acids is 7. The summed E-state index contributed by atoms with van der Waals surface area (Å²) in [6.45, 7) is 21.5. The van der Waals surface area contributed by atoms with E-state index in [1.807, 2.05) is 120 Å². The molecule has 6 N–H and O–H groups in total. The van der Waals surface area contributed by atoms with Crippen molar-refractivity contribution in [2.75, 3.05) is 59.6 Å². The highest BCUT2D eigenvalue weighted by atomic mass is 32.2. The Morgan fingerprint density at radius 1 is 0.706 bits per heavy atom. The summed E-state index contributed by atoms with van der Waals surface area (Å²) in [6.07, 6.45) is -0.972. The van der Waals surface area contributed by atoms with Gasteiger partial charge < -0.3 is 55.7 Å². The van der Waals surface area contributed by atoms with Crippen molar-refractivity contribution in [2.24, 2.45) is 29.6 Å². The molecule has 0 aromatic heterocycles. The molecule has 0 radical (unpaired) electrons. The van der Waals surface area contributed by atoms with Crippen molar-refractivity contribution < 1.29 is 52.9 Å². The molecule has 1 aliphatic carbocycles. The van der Waals surface area contributed by atoms with E-state index >= 15 is 0 Å². The highest BCUT2D eigenvalue weighted by Crippen LogP contribution is 2.44. The SMILES string of the molecule is CC[C@H](C)[C@@H]([C@@H](CC(=O)N1CCC[C@H]1[C@H](OC)[C@@H](C)C(=O)N[C@H](C)[C@@H](O)c1ccccc1)OC)N(C)C(=O)[C@@H](NC(=O)[C@H](C(C)C)N(C)CCSCNC(=O)[C@H](C)NC(=O)[C@@H](NC(=O)OCC1c2ccccc2-c2ccccc21)C(C)C)C(C)C. The Labute approximate surface area is 509 Å². The molecule has 85 heavy (non-hydrogen) atoms. The van der Waals surface area contributed by atoms with Crippen molar-refractivity contribution in [3.63, 3.8) is 0 Å². The van der Waals surface area contributed by atoms with E-state index in [2.05, 4.69) is 38.7 Å². The van der Waals surface area contributed by atoms with E-state index < -0.39 is 84.4 Å². The zero-order chi connectivity index (χ0) is 62.8. The summed E-state index contributed by atoms with van der Waals surface area (Å²) in [5.74, 6) is -2.83. The largest absolute Gasteiger partial charge is 0.449 e. The summed E-state index contributed by atoms with van der Waals surface area (Å²) >= 11 is 1.45. The Bertz CT molecular complexity index is 2630. The molecule has 3 aromatic rings. The Morgan fingerprint density at radius 3 is 1.87 bits per heavy atom. The zero-order valence-electron chi connectivity index (χ0n) is 52.9. The fourth-order valence-corrected chi connectivity index (χ4v) is 12.8. The predicted octanol–water partition coefficient (Wildman–Crippen LogP) is 7.12. The fraction of sp³-hybridized carbons (Fsp3) is 0.615. The number of alkyl carbamates (subject to hydrolysis) is 1. The van der Waals surface area contributed by atoms with Gasteiger partial charge in [0.15, 0.2) is 0 Å². The summed E-state index contributed by atoms with van der Waals surface area (Å²) in [7, 11) is 6.65. The number of aliphatic hydroxyl groups excluding tert-OH is 1. The molecule has 1 fully saturated rings. The van der Waals surface area contributed by atoms with Gasteiger partial charge in [-0.2, -0.15) is 0 Å². The van der Waals surface area contributed by atoms with Gasteiger partial charge in [0.1, 0.15) is 24.7 Å². The average Bonchev–Trinajstić information content (AvgIpc) is 2.94. The minimum Gasteiger partial charge on any atom is -0.449 e. The van der Waals surface area contributed by atoms with Gasteiger partial charge in [0.25, 0.3) is 0 Å². The predicted molar refractivity (Wildman–Crippen MR) is 333 cm³/mol. The molecule has 0 spiro atoms. The normalized spacial score (nSPS) is 18.0. The summed E-state index contributed by atoms with van der Waals surface area (Å²) < 4.78 is 17.8. The number of likely N-dealkylation sites (N-methyl/N-ethyl adjacent to an activating group) is 2. The maximum atomic E-state index is 14.8. The summed E-state index contributed by atoms with van der Waals surface area (Å²) in [4.78, 5) is 102. The van der Waals surface area contributed by atoms with E-state index in [1.54, 1.807) is 65.7 Å². The first-order valence-electron chi connectivity index (χ1n) is 30.3. The smallest absolute Gasteiger partial charge is 0.407 e. The van der Waals surface area contributed by atoms with Gasteiger partial charge in [0.2, 0.25) is 35.4 Å². The zero-order valence-corrected chi connectivity index (χ0v) is 53.7. The van der Waals surface area contributed by atoms with Crippen LogP contribution >= 0.6 is 11.8 Å². The van der Waals surface area contributed by atoms with E-state index in [9.17, 15) is 38.7 Å². The Hall–Kier alpha value is -6.06. The number of methoxy groups -OCH3 is 2. The first-order valence-corrected chi connectivity index (χ1v) is 31.5. The monoisotopic (exact) mass is 1200 g/mol. The maximum Gasteiger partial charge on any atom is 0.407 e. The molecule has 1 heterocycles. The minimum absolute atomic E-state index is 0.0307. The topological polar surface area (TPSA) is 237 Å². The molecule has 2 aliphatic rings. The molecule has 0 saturated carbocycles. The lowest BCUT2D eigenvalue weighted by Crippen LogP contribution is -2.60. The summed E-state index contributed by atoms with van der Waals surface area (Å²) in [6, 6.07) is 20.4. The number of fused-ring (bicyclic) bond motifs is 3. The molecule has 7 amide bonds. The van der Waals surface area contributed by atoms with Crippen LogP contribution in [0.4, 0.5) is 4.79 Å². The van der Waals surface area contributed by atoms with E-state index in [0.717, 1.165) is 28.7 Å². The van der Waals surface area contributed by atoms with Crippen molar-refractivity contribution >= 4 is 53.3 Å². The van der Waals surface area contributed by atoms with Gasteiger partial charge in [-0.05, 0) is 85.2 Å². The molecule has 19 nitrogen and oxygen atoms in total. The van der Waals surface area contributed by atoms with Gasteiger partial charge in [-0.15, -0.1) is 11.8 Å². The molecular weight excluding hydrogens is 1100 g/mol. The van der Waals surface area contributed by atoms with E-state index in [4.69, 9.17) is 14.2 Å². The molecule has 0 bridgehead atoms. The van der Waals surface area contributed by atoms with E-state index in [0.29, 0.717) is 37.2 Å². The molecule has 1 saturated heterocycles. The molecule has 0 unspecified atom stereocenters. The number of ether oxygens (including phenoxy) is 3. The molecular formula is C65H98N8O11S. The van der Waals surface area contributed by atoms with Crippen molar-refractivity contribution in [3.05, 3.63) is 95.6 Å². The van der Waals surface area contributed by atoms with Gasteiger partial charge in [-0.25, -0.2) is 4.79 Å². The Kier molecular flexibility index (Phi) is 27.2. The number of benzene rings is 3. The molecule has 1 aliphatic heterocycles. The van der Waals surface area contributed by atoms with Crippen LogP contribution in [0.1, 0.15) is 131 Å². The number of nitrogens with one attached hydrogen (secondary N) is 5. The Balaban J connectivity index is 1.11. The van der Waals surface area contributed by atoms with Gasteiger partial charge >= 0.3 is 6.09 Å². The molecule has 3 aromatic carbocycles. The van der Waals surface area contributed by atoms with E-state index in [-0.39, 0.29) is 72.1 Å². The standard InChI is InChI=1S/C65H98N8O11S/c1-16-41(8)57(52(82-14)35-53(74)73-32-24-31-51(73)59(83-15)42(9)60(76)67-43(10)58(75)45-25-18-17-19-26-45)72(13)64(80)55(39(4)5)69-63(79)56(40(6)7)71(12)33-34-85-37-66-61(77)44(11)68-62(78)54(38(2)3)70-65(81)84-36-50-48-29-22-20-27-46(48)47-28-21-23-30-49(47)50/h17-23,25-30,38-44,50-52,54-59,75H,16,24,31-37H2,1-15H3,(H,66,77)(H,67,76)(H,68,78)(H,69,79)(H,70,81)/t41-,42+,43+,44-,51-,52+,54-,55-,56-,57-,58+,59+/m0/s1. The molecule has 12 atom stereocenters. The van der Waals surface area contributed by atoms with Crippen LogP contribution in [0.2, 0.25) is 0 Å². The number of thioether (sulfide) groups is 1. The van der Waals surface area contributed by atoms with Crippen LogP contribution in [0.15, 0.2) is 78.9 Å². The first kappa shape index (κ1) is 69.7. The van der Waals surface area contributed by atoms with Gasteiger partial charge in [0.05, 0.1) is 60.7 Å². The number of hydrogen-bond donors (Lipinski definition) is 6. The van der Waals surface area contributed by atoms with Crippen LogP contribution < -0.4 is 26.6 Å². The van der Waals surface area contributed by atoms with Crippen LogP contribution in [0.3, 0.4) is 0 Å². The number of nitrogens with zero attached hydrogens (tertiary/aromatic N) is 3. The lowest BCUT2D eigenvalue weighted by molar-refractivity contribution is -0.148. The van der Waals surface area contributed by atoms with Crippen molar-refractivity contribution in [2.45, 2.75) is 168 Å². The molecule has 470 valence electrons. The van der Waals surface area contributed by atoms with E-state index in [1.165, 1.54) is 11.8 Å². The number of carbonyl (C=O) groups is 7. The highest BCUT2D eigenvalue weighted by molar-refractivity contribution is 7.99. The summed E-state index contributed by atoms with van der Waals surface area (Å²) in [5.41, 5.74) is 5.05. The number of amides is 7. The number of likely N-dealkylation sites (tertiary alicyclic amines) is 1. The second-order valence-electron chi connectivity index (χ2n) is 24.2. The van der Waals surface area contributed by atoms with Crippen molar-refractivity contribution in [3.8, 4) is 11.1 Å². The van der Waals surface area contributed by atoms with Gasteiger partial charge in [-0.3, -0.25) is 33.7 Å². The number of hydrogen-bond acceptors (Lipinski definition) is 13.